The fourth-order valence-electron chi connectivity index (χ4n) is 3.19. The summed E-state index contributed by atoms with van der Waals surface area (Å²) in [6, 6.07) is 1.67. The molecule has 1 heterocycles. The van der Waals surface area contributed by atoms with Gasteiger partial charge in [-0.25, -0.2) is 0 Å². The summed E-state index contributed by atoms with van der Waals surface area (Å²) in [5, 5.41) is 13.7. The number of aliphatic hydroxyl groups excluding tert-OH is 1. The zero-order valence-corrected chi connectivity index (χ0v) is 11.4. The third kappa shape index (κ3) is 3.67. The van der Waals surface area contributed by atoms with Crippen molar-refractivity contribution in [1.82, 2.24) is 10.2 Å². The van der Waals surface area contributed by atoms with Crippen molar-refractivity contribution in [1.29, 1.82) is 0 Å². The van der Waals surface area contributed by atoms with E-state index in [1.807, 2.05) is 0 Å². The van der Waals surface area contributed by atoms with Gasteiger partial charge in [-0.3, -0.25) is 0 Å². The van der Waals surface area contributed by atoms with Crippen LogP contribution in [0, 0.1) is 0 Å². The lowest BCUT2D eigenvalue weighted by Crippen LogP contribution is -2.51. The van der Waals surface area contributed by atoms with E-state index in [1.54, 1.807) is 0 Å². The first-order chi connectivity index (χ1) is 8.16. The van der Waals surface area contributed by atoms with Crippen LogP contribution in [0.2, 0.25) is 0 Å². The summed E-state index contributed by atoms with van der Waals surface area (Å²) in [6.45, 7) is 6.97. The SMILES string of the molecule is CC(C)N1CCC(N[C@H]2CCCC[C@H]2O)CC1. The van der Waals surface area contributed by atoms with Gasteiger partial charge >= 0.3 is 0 Å². The smallest absolute Gasteiger partial charge is 0.0693 e. The summed E-state index contributed by atoms with van der Waals surface area (Å²) >= 11 is 0. The van der Waals surface area contributed by atoms with Crippen LogP contribution in [0.3, 0.4) is 0 Å². The van der Waals surface area contributed by atoms with Crippen molar-refractivity contribution in [3.63, 3.8) is 0 Å². The van der Waals surface area contributed by atoms with Gasteiger partial charge in [0.15, 0.2) is 0 Å². The van der Waals surface area contributed by atoms with E-state index in [0.29, 0.717) is 18.1 Å². The summed E-state index contributed by atoms with van der Waals surface area (Å²) in [4.78, 5) is 2.55. The molecule has 3 heteroatoms. The first-order valence-electron chi connectivity index (χ1n) is 7.35. The monoisotopic (exact) mass is 240 g/mol. The largest absolute Gasteiger partial charge is 0.392 e. The van der Waals surface area contributed by atoms with Crippen molar-refractivity contribution < 1.29 is 5.11 Å². The van der Waals surface area contributed by atoms with Crippen molar-refractivity contribution in [2.45, 2.75) is 76.6 Å². The van der Waals surface area contributed by atoms with Crippen LogP contribution < -0.4 is 5.32 Å². The number of hydrogen-bond acceptors (Lipinski definition) is 3. The van der Waals surface area contributed by atoms with E-state index in [1.165, 1.54) is 38.8 Å². The lowest BCUT2D eigenvalue weighted by Gasteiger charge is -2.38. The van der Waals surface area contributed by atoms with Gasteiger partial charge in [0, 0.05) is 18.1 Å². The minimum absolute atomic E-state index is 0.105. The minimum atomic E-state index is -0.105. The minimum Gasteiger partial charge on any atom is -0.392 e. The van der Waals surface area contributed by atoms with Crippen LogP contribution in [0.1, 0.15) is 52.4 Å². The van der Waals surface area contributed by atoms with Gasteiger partial charge in [0.05, 0.1) is 6.10 Å². The quantitative estimate of drug-likeness (QED) is 0.789. The van der Waals surface area contributed by atoms with Crippen LogP contribution in [-0.2, 0) is 0 Å². The molecule has 1 aliphatic carbocycles. The maximum absolute atomic E-state index is 9.97. The highest BCUT2D eigenvalue weighted by Gasteiger charge is 2.27. The number of rotatable bonds is 3. The van der Waals surface area contributed by atoms with Gasteiger partial charge in [-0.1, -0.05) is 12.8 Å². The molecule has 2 atom stereocenters. The molecular weight excluding hydrogens is 212 g/mol. The molecule has 100 valence electrons. The van der Waals surface area contributed by atoms with E-state index < -0.39 is 0 Å². The molecule has 2 fully saturated rings. The van der Waals surface area contributed by atoms with E-state index in [-0.39, 0.29) is 6.10 Å². The summed E-state index contributed by atoms with van der Waals surface area (Å²) < 4.78 is 0. The molecule has 2 N–H and O–H groups in total. The van der Waals surface area contributed by atoms with E-state index in [0.717, 1.165) is 12.8 Å². The standard InChI is InChI=1S/C14H28N2O/c1-11(2)16-9-7-12(8-10-16)15-13-5-3-4-6-14(13)17/h11-15,17H,3-10H2,1-2H3/t13-,14+/m0/s1. The normalized spacial score (nSPS) is 33.2. The Morgan fingerprint density at radius 2 is 1.71 bits per heavy atom. The molecule has 3 nitrogen and oxygen atoms in total. The Kier molecular flexibility index (Phi) is 4.83. The lowest BCUT2D eigenvalue weighted by molar-refractivity contribution is 0.0737. The molecule has 0 aromatic carbocycles. The molecule has 1 saturated heterocycles. The zero-order valence-electron chi connectivity index (χ0n) is 11.4. The van der Waals surface area contributed by atoms with Gasteiger partial charge in [-0.05, 0) is 52.6 Å². The predicted octanol–water partition coefficient (Wildman–Crippen LogP) is 1.75. The van der Waals surface area contributed by atoms with E-state index >= 15 is 0 Å². The second kappa shape index (κ2) is 6.17. The van der Waals surface area contributed by atoms with Gasteiger partial charge in [0.2, 0.25) is 0 Å². The molecule has 0 amide bonds. The third-order valence-corrected chi connectivity index (χ3v) is 4.44. The van der Waals surface area contributed by atoms with Crippen LogP contribution in [0.15, 0.2) is 0 Å². The fourth-order valence-corrected chi connectivity index (χ4v) is 3.19. The van der Waals surface area contributed by atoms with Crippen molar-refractivity contribution >= 4 is 0 Å². The first-order valence-corrected chi connectivity index (χ1v) is 7.35. The molecule has 2 aliphatic rings. The second-order valence-corrected chi connectivity index (χ2v) is 6.03. The molecule has 1 aliphatic heterocycles. The number of likely N-dealkylation sites (tertiary alicyclic amines) is 1. The molecule has 0 aromatic rings. The maximum atomic E-state index is 9.97. The van der Waals surface area contributed by atoms with Crippen LogP contribution in [0.4, 0.5) is 0 Å². The van der Waals surface area contributed by atoms with Crippen LogP contribution in [0.5, 0.6) is 0 Å². The number of nitrogens with one attached hydrogen (secondary N) is 1. The topological polar surface area (TPSA) is 35.5 Å². The average Bonchev–Trinajstić information content (AvgIpc) is 2.33. The van der Waals surface area contributed by atoms with Crippen molar-refractivity contribution in [2.24, 2.45) is 0 Å². The van der Waals surface area contributed by atoms with E-state index in [9.17, 15) is 5.11 Å². The van der Waals surface area contributed by atoms with E-state index in [2.05, 4.69) is 24.1 Å². The Balaban J connectivity index is 1.73. The Hall–Kier alpha value is -0.120. The van der Waals surface area contributed by atoms with Gasteiger partial charge in [-0.15, -0.1) is 0 Å². The lowest BCUT2D eigenvalue weighted by atomic mass is 9.91. The maximum Gasteiger partial charge on any atom is 0.0693 e. The van der Waals surface area contributed by atoms with Gasteiger partial charge in [-0.2, -0.15) is 0 Å². The van der Waals surface area contributed by atoms with E-state index in [4.69, 9.17) is 0 Å². The molecule has 0 unspecified atom stereocenters. The Bertz CT molecular complexity index is 224. The van der Waals surface area contributed by atoms with Crippen LogP contribution >= 0.6 is 0 Å². The highest BCUT2D eigenvalue weighted by molar-refractivity contribution is 4.86. The Morgan fingerprint density at radius 1 is 1.06 bits per heavy atom. The number of nitrogens with zero attached hydrogens (tertiary/aromatic N) is 1. The molecule has 17 heavy (non-hydrogen) atoms. The fraction of sp³-hybridized carbons (Fsp3) is 1.00. The molecule has 0 radical (unpaired) electrons. The van der Waals surface area contributed by atoms with Crippen LogP contribution in [0.25, 0.3) is 0 Å². The highest BCUT2D eigenvalue weighted by Crippen LogP contribution is 2.21. The number of aliphatic hydroxyl groups is 1. The number of hydrogen-bond donors (Lipinski definition) is 2. The molecule has 1 saturated carbocycles. The van der Waals surface area contributed by atoms with Crippen molar-refractivity contribution in [3.05, 3.63) is 0 Å². The molecule has 0 bridgehead atoms. The second-order valence-electron chi connectivity index (χ2n) is 6.03. The van der Waals surface area contributed by atoms with Gasteiger partial charge in [0.1, 0.15) is 0 Å². The summed E-state index contributed by atoms with van der Waals surface area (Å²) in [5.41, 5.74) is 0. The zero-order chi connectivity index (χ0) is 12.3. The summed E-state index contributed by atoms with van der Waals surface area (Å²) in [5.74, 6) is 0. The summed E-state index contributed by atoms with van der Waals surface area (Å²) in [7, 11) is 0. The average molecular weight is 240 g/mol. The molecule has 0 spiro atoms. The van der Waals surface area contributed by atoms with Gasteiger partial charge < -0.3 is 15.3 Å². The molecular formula is C14H28N2O. The van der Waals surface area contributed by atoms with Gasteiger partial charge in [0.25, 0.3) is 0 Å². The predicted molar refractivity (Wildman–Crippen MR) is 71.1 cm³/mol. The third-order valence-electron chi connectivity index (χ3n) is 4.44. The number of piperidine rings is 1. The molecule has 0 aromatic heterocycles. The first kappa shape index (κ1) is 13.3. The molecule has 2 rings (SSSR count). The summed E-state index contributed by atoms with van der Waals surface area (Å²) in [6.07, 6.45) is 6.99. The Morgan fingerprint density at radius 3 is 2.29 bits per heavy atom. The van der Waals surface area contributed by atoms with Crippen molar-refractivity contribution in [2.75, 3.05) is 13.1 Å². The highest BCUT2D eigenvalue weighted by atomic mass is 16.3. The van der Waals surface area contributed by atoms with Crippen LogP contribution in [-0.4, -0.2) is 47.3 Å². The Labute approximate surface area is 106 Å². The van der Waals surface area contributed by atoms with Crippen molar-refractivity contribution in [3.8, 4) is 0 Å².